The summed E-state index contributed by atoms with van der Waals surface area (Å²) in [5.74, 6) is 2.64. The van der Waals surface area contributed by atoms with Crippen molar-refractivity contribution in [1.29, 1.82) is 0 Å². The summed E-state index contributed by atoms with van der Waals surface area (Å²) < 4.78 is 0. The first-order valence-electron chi connectivity index (χ1n) is 7.94. The van der Waals surface area contributed by atoms with Gasteiger partial charge in [0.15, 0.2) is 0 Å². The number of hydrogen-bond acceptors (Lipinski definition) is 2. The first-order valence-corrected chi connectivity index (χ1v) is 7.94. The van der Waals surface area contributed by atoms with Crippen molar-refractivity contribution in [3.63, 3.8) is 0 Å². The van der Waals surface area contributed by atoms with Crippen LogP contribution in [0, 0.1) is 17.8 Å². The smallest absolute Gasteiger partial charge is 0.315 e. The Morgan fingerprint density at radius 1 is 0.947 bits per heavy atom. The lowest BCUT2D eigenvalue weighted by molar-refractivity contribution is -0.0138. The van der Waals surface area contributed by atoms with Gasteiger partial charge in [-0.05, 0) is 69.1 Å². The second-order valence-corrected chi connectivity index (χ2v) is 7.72. The van der Waals surface area contributed by atoms with Crippen LogP contribution in [0.4, 0.5) is 4.79 Å². The number of nitrogens with two attached hydrogens (primary N) is 1. The number of nitrogens with one attached hydrogen (secondary N) is 2. The molecule has 0 aromatic rings. The van der Waals surface area contributed by atoms with E-state index in [0.29, 0.717) is 12.1 Å². The summed E-state index contributed by atoms with van der Waals surface area (Å²) in [6, 6.07) is 0.660. The van der Waals surface area contributed by atoms with Crippen LogP contribution < -0.4 is 16.4 Å². The standard InChI is InChI=1S/C15H25N3O/c16-12-4-13(5-12)17-14(19)18-15-6-9-1-10(7-15)3-11(2-9)8-15/h9-13H,1-8,16H2,(H2,17,18,19). The Labute approximate surface area is 114 Å². The minimum Gasteiger partial charge on any atom is -0.335 e. The quantitative estimate of drug-likeness (QED) is 0.710. The van der Waals surface area contributed by atoms with Crippen LogP contribution >= 0.6 is 0 Å². The predicted molar refractivity (Wildman–Crippen MR) is 73.6 cm³/mol. The fourth-order valence-corrected chi connectivity index (χ4v) is 5.51. The summed E-state index contributed by atoms with van der Waals surface area (Å²) in [4.78, 5) is 12.2. The molecule has 5 aliphatic rings. The van der Waals surface area contributed by atoms with Crippen LogP contribution in [0.15, 0.2) is 0 Å². The molecule has 0 aliphatic heterocycles. The third-order valence-electron chi connectivity index (χ3n) is 5.93. The topological polar surface area (TPSA) is 67.1 Å². The van der Waals surface area contributed by atoms with Gasteiger partial charge in [-0.2, -0.15) is 0 Å². The Bertz CT molecular complexity index is 354. The van der Waals surface area contributed by atoms with Crippen LogP contribution in [0.25, 0.3) is 0 Å². The van der Waals surface area contributed by atoms with Gasteiger partial charge in [0.1, 0.15) is 0 Å². The molecule has 0 aromatic heterocycles. The van der Waals surface area contributed by atoms with Crippen LogP contribution in [0.1, 0.15) is 51.4 Å². The number of amides is 2. The number of carbonyl (C=O) groups excluding carboxylic acids is 1. The van der Waals surface area contributed by atoms with E-state index in [-0.39, 0.29) is 11.6 Å². The molecule has 5 fully saturated rings. The number of carbonyl (C=O) groups is 1. The van der Waals surface area contributed by atoms with Crippen LogP contribution in [0.3, 0.4) is 0 Å². The summed E-state index contributed by atoms with van der Waals surface area (Å²) in [5, 5.41) is 6.44. The molecular formula is C15H25N3O. The van der Waals surface area contributed by atoms with Gasteiger partial charge in [0.05, 0.1) is 0 Å². The Kier molecular flexibility index (Phi) is 2.60. The Balaban J connectivity index is 1.38. The second kappa shape index (κ2) is 4.11. The maximum absolute atomic E-state index is 12.2. The average molecular weight is 263 g/mol. The lowest BCUT2D eigenvalue weighted by Gasteiger charge is -2.56. The summed E-state index contributed by atoms with van der Waals surface area (Å²) in [5.41, 5.74) is 5.89. The molecule has 4 N–H and O–H groups in total. The highest BCUT2D eigenvalue weighted by Crippen LogP contribution is 2.55. The van der Waals surface area contributed by atoms with Crippen molar-refractivity contribution in [2.45, 2.75) is 69.0 Å². The number of urea groups is 1. The highest BCUT2D eigenvalue weighted by atomic mass is 16.2. The van der Waals surface area contributed by atoms with Crippen molar-refractivity contribution in [3.05, 3.63) is 0 Å². The summed E-state index contributed by atoms with van der Waals surface area (Å²) in [6.07, 6.45) is 9.78. The van der Waals surface area contributed by atoms with Crippen molar-refractivity contribution >= 4 is 6.03 Å². The maximum atomic E-state index is 12.2. The Morgan fingerprint density at radius 3 is 1.95 bits per heavy atom. The lowest BCUT2D eigenvalue weighted by atomic mass is 9.53. The second-order valence-electron chi connectivity index (χ2n) is 7.72. The zero-order valence-corrected chi connectivity index (χ0v) is 11.5. The largest absolute Gasteiger partial charge is 0.335 e. The van der Waals surface area contributed by atoms with Gasteiger partial charge in [-0.3, -0.25) is 0 Å². The molecule has 19 heavy (non-hydrogen) atoms. The molecule has 0 aromatic carbocycles. The molecule has 106 valence electrons. The molecule has 0 unspecified atom stereocenters. The molecule has 0 heterocycles. The van der Waals surface area contributed by atoms with Crippen molar-refractivity contribution in [2.75, 3.05) is 0 Å². The normalized spacial score (nSPS) is 50.7. The fourth-order valence-electron chi connectivity index (χ4n) is 5.51. The fraction of sp³-hybridized carbons (Fsp3) is 0.933. The van der Waals surface area contributed by atoms with E-state index in [1.165, 1.54) is 38.5 Å². The SMILES string of the molecule is NC1CC(NC(=O)NC23CC4CC(CC(C4)C2)C3)C1. The van der Waals surface area contributed by atoms with E-state index >= 15 is 0 Å². The molecule has 4 nitrogen and oxygen atoms in total. The van der Waals surface area contributed by atoms with Crippen molar-refractivity contribution < 1.29 is 4.79 Å². The Morgan fingerprint density at radius 2 is 1.47 bits per heavy atom. The number of rotatable bonds is 2. The van der Waals surface area contributed by atoms with Crippen molar-refractivity contribution in [1.82, 2.24) is 10.6 Å². The molecule has 4 bridgehead atoms. The molecule has 0 atom stereocenters. The predicted octanol–water partition coefficient (Wildman–Crippen LogP) is 1.74. The van der Waals surface area contributed by atoms with Gasteiger partial charge in [0.2, 0.25) is 0 Å². The zero-order valence-electron chi connectivity index (χ0n) is 11.5. The van der Waals surface area contributed by atoms with Crippen LogP contribution in [0.5, 0.6) is 0 Å². The van der Waals surface area contributed by atoms with Gasteiger partial charge in [0, 0.05) is 17.6 Å². The van der Waals surface area contributed by atoms with E-state index in [9.17, 15) is 4.79 Å². The minimum atomic E-state index is 0.0545. The van der Waals surface area contributed by atoms with E-state index < -0.39 is 0 Å². The average Bonchev–Trinajstić information content (AvgIpc) is 2.23. The first kappa shape index (κ1) is 12.0. The van der Waals surface area contributed by atoms with Gasteiger partial charge in [-0.15, -0.1) is 0 Å². The molecule has 5 rings (SSSR count). The van der Waals surface area contributed by atoms with E-state index in [4.69, 9.17) is 5.73 Å². The van der Waals surface area contributed by atoms with Gasteiger partial charge in [-0.1, -0.05) is 0 Å². The molecule has 0 radical (unpaired) electrons. The van der Waals surface area contributed by atoms with Gasteiger partial charge in [-0.25, -0.2) is 4.79 Å². The number of hydrogen-bond donors (Lipinski definition) is 3. The third kappa shape index (κ3) is 2.14. The van der Waals surface area contributed by atoms with Crippen LogP contribution in [-0.2, 0) is 0 Å². The molecule has 0 spiro atoms. The van der Waals surface area contributed by atoms with Crippen LogP contribution in [-0.4, -0.2) is 23.7 Å². The minimum absolute atomic E-state index is 0.0545. The molecule has 5 aliphatic carbocycles. The van der Waals surface area contributed by atoms with E-state index in [1.807, 2.05) is 0 Å². The lowest BCUT2D eigenvalue weighted by Crippen LogP contribution is -2.63. The summed E-state index contributed by atoms with van der Waals surface area (Å²) in [6.45, 7) is 0. The van der Waals surface area contributed by atoms with Gasteiger partial charge < -0.3 is 16.4 Å². The molecule has 0 saturated heterocycles. The summed E-state index contributed by atoms with van der Waals surface area (Å²) >= 11 is 0. The van der Waals surface area contributed by atoms with Crippen molar-refractivity contribution in [3.8, 4) is 0 Å². The van der Waals surface area contributed by atoms with E-state index in [1.54, 1.807) is 0 Å². The molecule has 2 amide bonds. The van der Waals surface area contributed by atoms with Crippen LogP contribution in [0.2, 0.25) is 0 Å². The highest BCUT2D eigenvalue weighted by molar-refractivity contribution is 5.75. The molecular weight excluding hydrogens is 238 g/mol. The maximum Gasteiger partial charge on any atom is 0.315 e. The highest BCUT2D eigenvalue weighted by Gasteiger charge is 2.51. The monoisotopic (exact) mass is 263 g/mol. The van der Waals surface area contributed by atoms with Gasteiger partial charge in [0.25, 0.3) is 0 Å². The molecule has 5 saturated carbocycles. The summed E-state index contributed by atoms with van der Waals surface area (Å²) in [7, 11) is 0. The zero-order chi connectivity index (χ0) is 13.0. The Hall–Kier alpha value is -0.770. The van der Waals surface area contributed by atoms with Gasteiger partial charge >= 0.3 is 6.03 Å². The first-order chi connectivity index (χ1) is 9.10. The van der Waals surface area contributed by atoms with E-state index in [2.05, 4.69) is 10.6 Å². The van der Waals surface area contributed by atoms with E-state index in [0.717, 1.165) is 30.6 Å². The van der Waals surface area contributed by atoms with Crippen molar-refractivity contribution in [2.24, 2.45) is 23.5 Å². The third-order valence-corrected chi connectivity index (χ3v) is 5.93. The molecule has 4 heteroatoms.